The molecule has 2 aromatic carbocycles. The Kier molecular flexibility index (Phi) is 8.79. The van der Waals surface area contributed by atoms with Gasteiger partial charge in [0.25, 0.3) is 0 Å². The number of halogens is 10. The van der Waals surface area contributed by atoms with Crippen LogP contribution in [-0.2, 0) is 17.1 Å². The maximum atomic E-state index is 14.7. The topological polar surface area (TPSA) is 38.8 Å². The minimum Gasteiger partial charge on any atom is -0.496 e. The number of ether oxygens (including phenoxy) is 2. The first-order valence-corrected chi connectivity index (χ1v) is 13.3. The number of rotatable bonds is 6. The molecule has 1 fully saturated rings. The molecular weight excluding hydrogens is 612 g/mol. The molecule has 44 heavy (non-hydrogen) atoms. The number of methoxy groups -OCH3 is 1. The lowest BCUT2D eigenvalue weighted by molar-refractivity contribution is -0.160. The van der Waals surface area contributed by atoms with Crippen molar-refractivity contribution in [2.45, 2.75) is 63.8 Å². The summed E-state index contributed by atoms with van der Waals surface area (Å²) in [4.78, 5) is 13.9. The summed E-state index contributed by atoms with van der Waals surface area (Å²) in [5.74, 6) is -2.87. The second-order valence-corrected chi connectivity index (χ2v) is 10.9. The highest BCUT2D eigenvalue weighted by Gasteiger charge is 2.45. The Morgan fingerprint density at radius 3 is 2.05 bits per heavy atom. The summed E-state index contributed by atoms with van der Waals surface area (Å²) in [7, 11) is 1.24. The maximum Gasteiger partial charge on any atom is 0.416 e. The maximum absolute atomic E-state index is 14.7. The van der Waals surface area contributed by atoms with E-state index in [1.54, 1.807) is 13.8 Å². The van der Waals surface area contributed by atoms with Crippen molar-refractivity contribution in [3.05, 3.63) is 81.7 Å². The van der Waals surface area contributed by atoms with Crippen LogP contribution in [0, 0.1) is 11.7 Å². The van der Waals surface area contributed by atoms with E-state index >= 15 is 0 Å². The summed E-state index contributed by atoms with van der Waals surface area (Å²) in [6.07, 6.45) is -16.0. The number of nitrogens with zero attached hydrogens (tertiary/aromatic N) is 1. The number of carbonyl (C=O) groups is 1. The molecule has 1 aliphatic carbocycles. The molecular formula is C30H27F10NO3. The van der Waals surface area contributed by atoms with Gasteiger partial charge in [-0.25, -0.2) is 9.18 Å². The summed E-state index contributed by atoms with van der Waals surface area (Å²) < 4.78 is 147. The third kappa shape index (κ3) is 6.68. The number of carbonyl (C=O) groups excluding carboxylic acids is 1. The van der Waals surface area contributed by atoms with Crippen LogP contribution in [0.15, 0.2) is 48.1 Å². The average molecular weight is 640 g/mol. The SMILES string of the molecule is COc1cc(F)c(C(C)C)cc1C1=CCC(C(F)(F)F)C=C1CN1C(=O)O[C@H](c2cc(C(F)(F)F)cc(C(F)(F)F)c2)[C@@H]1C. The zero-order chi connectivity index (χ0) is 32.9. The molecule has 2 aliphatic rings. The van der Waals surface area contributed by atoms with E-state index in [-0.39, 0.29) is 40.0 Å². The van der Waals surface area contributed by atoms with Crippen molar-refractivity contribution in [1.82, 2.24) is 4.90 Å². The molecule has 1 heterocycles. The van der Waals surface area contributed by atoms with Gasteiger partial charge in [-0.15, -0.1) is 0 Å². The Hall–Kier alpha value is -3.71. The molecule has 240 valence electrons. The van der Waals surface area contributed by atoms with Crippen LogP contribution in [0.1, 0.15) is 67.0 Å². The molecule has 4 rings (SSSR count). The van der Waals surface area contributed by atoms with E-state index in [1.165, 1.54) is 26.2 Å². The third-order valence-electron chi connectivity index (χ3n) is 7.65. The van der Waals surface area contributed by atoms with E-state index in [2.05, 4.69) is 0 Å². The van der Waals surface area contributed by atoms with Gasteiger partial charge in [-0.3, -0.25) is 4.90 Å². The lowest BCUT2D eigenvalue weighted by Gasteiger charge is -2.29. The number of amides is 1. The quantitative estimate of drug-likeness (QED) is 0.296. The van der Waals surface area contributed by atoms with Crippen molar-refractivity contribution >= 4 is 11.7 Å². The molecule has 1 unspecified atom stereocenters. The number of hydrogen-bond acceptors (Lipinski definition) is 3. The number of benzene rings is 2. The molecule has 0 saturated carbocycles. The first-order valence-electron chi connectivity index (χ1n) is 13.3. The van der Waals surface area contributed by atoms with E-state index in [4.69, 9.17) is 9.47 Å². The van der Waals surface area contributed by atoms with Gasteiger partial charge in [0.2, 0.25) is 0 Å². The van der Waals surface area contributed by atoms with Crippen molar-refractivity contribution in [3.8, 4) is 5.75 Å². The number of hydrogen-bond donors (Lipinski definition) is 0. The Bertz CT molecular complexity index is 1460. The largest absolute Gasteiger partial charge is 0.496 e. The summed E-state index contributed by atoms with van der Waals surface area (Å²) in [5.41, 5.74) is -3.15. The molecule has 2 aromatic rings. The smallest absolute Gasteiger partial charge is 0.416 e. The molecule has 4 nitrogen and oxygen atoms in total. The van der Waals surface area contributed by atoms with Crippen molar-refractivity contribution in [2.75, 3.05) is 13.7 Å². The predicted octanol–water partition coefficient (Wildman–Crippen LogP) is 9.47. The summed E-state index contributed by atoms with van der Waals surface area (Å²) in [6.45, 7) is 4.17. The third-order valence-corrected chi connectivity index (χ3v) is 7.65. The molecule has 0 radical (unpaired) electrons. The number of allylic oxidation sites excluding steroid dienone is 2. The van der Waals surface area contributed by atoms with Crippen LogP contribution in [0.5, 0.6) is 5.75 Å². The summed E-state index contributed by atoms with van der Waals surface area (Å²) in [5, 5.41) is 0. The van der Waals surface area contributed by atoms with Crippen LogP contribution in [0.2, 0.25) is 0 Å². The van der Waals surface area contributed by atoms with Crippen molar-refractivity contribution in [3.63, 3.8) is 0 Å². The van der Waals surface area contributed by atoms with Gasteiger partial charge in [0.1, 0.15) is 17.7 Å². The zero-order valence-corrected chi connectivity index (χ0v) is 23.7. The molecule has 0 aromatic heterocycles. The highest BCUT2D eigenvalue weighted by Crippen LogP contribution is 2.45. The van der Waals surface area contributed by atoms with Gasteiger partial charge in [-0.2, -0.15) is 39.5 Å². The molecule has 3 atom stereocenters. The van der Waals surface area contributed by atoms with E-state index < -0.39 is 78.2 Å². The van der Waals surface area contributed by atoms with E-state index in [0.29, 0.717) is 12.1 Å². The van der Waals surface area contributed by atoms with Gasteiger partial charge in [0.05, 0.1) is 30.2 Å². The Labute approximate surface area is 245 Å². The Morgan fingerprint density at radius 2 is 1.55 bits per heavy atom. The van der Waals surface area contributed by atoms with Crippen molar-refractivity contribution in [2.24, 2.45) is 5.92 Å². The minimum atomic E-state index is -5.15. The highest BCUT2D eigenvalue weighted by atomic mass is 19.4. The standard InChI is InChI=1S/C30H27F10NO3/c1-14(2)22-11-23(25(43-4)12-24(22)31)21-6-5-18(28(32,33)34)9-17(21)13-41-15(3)26(44-27(41)42)16-7-19(29(35,36)37)10-20(8-16)30(38,39)40/h6-12,14-15,18,26H,5,13H2,1-4H3/t15-,18?,26-/m0/s1. The normalized spacial score (nSPS) is 21.4. The molecule has 0 spiro atoms. The minimum absolute atomic E-state index is 0.00748. The molecule has 0 N–H and O–H groups in total. The van der Waals surface area contributed by atoms with Crippen LogP contribution < -0.4 is 4.74 Å². The molecule has 1 saturated heterocycles. The van der Waals surface area contributed by atoms with E-state index in [1.807, 2.05) is 0 Å². The monoisotopic (exact) mass is 639 g/mol. The summed E-state index contributed by atoms with van der Waals surface area (Å²) in [6, 6.07) is 2.15. The van der Waals surface area contributed by atoms with Crippen LogP contribution in [0.25, 0.3) is 5.57 Å². The van der Waals surface area contributed by atoms with Gasteiger partial charge in [0.15, 0.2) is 0 Å². The Balaban J connectivity index is 1.76. The first-order chi connectivity index (χ1) is 20.2. The zero-order valence-electron chi connectivity index (χ0n) is 23.7. The fourth-order valence-corrected chi connectivity index (χ4v) is 5.31. The highest BCUT2D eigenvalue weighted by molar-refractivity contribution is 5.85. The van der Waals surface area contributed by atoms with Crippen LogP contribution >= 0.6 is 0 Å². The van der Waals surface area contributed by atoms with Crippen LogP contribution in [0.3, 0.4) is 0 Å². The fourth-order valence-electron chi connectivity index (χ4n) is 5.31. The second kappa shape index (κ2) is 11.7. The van der Waals surface area contributed by atoms with Gasteiger partial charge in [-0.05, 0) is 65.8 Å². The van der Waals surface area contributed by atoms with Crippen molar-refractivity contribution in [1.29, 1.82) is 0 Å². The van der Waals surface area contributed by atoms with E-state index in [9.17, 15) is 48.7 Å². The average Bonchev–Trinajstić information content (AvgIpc) is 3.19. The van der Waals surface area contributed by atoms with Gasteiger partial charge in [0, 0.05) is 18.2 Å². The van der Waals surface area contributed by atoms with Crippen LogP contribution in [0.4, 0.5) is 48.7 Å². The fraction of sp³-hybridized carbons (Fsp3) is 0.433. The predicted molar refractivity (Wildman–Crippen MR) is 139 cm³/mol. The molecule has 0 bridgehead atoms. The first kappa shape index (κ1) is 33.2. The van der Waals surface area contributed by atoms with Crippen molar-refractivity contribution < 1.29 is 58.2 Å². The molecule has 1 aliphatic heterocycles. The van der Waals surface area contributed by atoms with Gasteiger partial charge < -0.3 is 9.47 Å². The van der Waals surface area contributed by atoms with E-state index in [0.717, 1.165) is 17.0 Å². The van der Waals surface area contributed by atoms with Crippen LogP contribution in [-0.4, -0.2) is 36.9 Å². The molecule has 14 heteroatoms. The Morgan fingerprint density at radius 1 is 0.955 bits per heavy atom. The summed E-state index contributed by atoms with van der Waals surface area (Å²) >= 11 is 0. The number of cyclic esters (lactones) is 1. The number of alkyl halides is 9. The molecule has 1 amide bonds. The van der Waals surface area contributed by atoms with Gasteiger partial charge in [-0.1, -0.05) is 26.0 Å². The second-order valence-electron chi connectivity index (χ2n) is 10.9. The lowest BCUT2D eigenvalue weighted by atomic mass is 9.84. The lowest BCUT2D eigenvalue weighted by Crippen LogP contribution is -2.35. The van der Waals surface area contributed by atoms with Gasteiger partial charge >= 0.3 is 24.6 Å².